The van der Waals surface area contributed by atoms with Crippen LogP contribution in [-0.4, -0.2) is 40.9 Å². The molecule has 5 aromatic carbocycles. The predicted octanol–water partition coefficient (Wildman–Crippen LogP) is 8.87. The lowest BCUT2D eigenvalue weighted by Crippen LogP contribution is -2.13. The van der Waals surface area contributed by atoms with Gasteiger partial charge in [-0.05, 0) is 93.4 Å². The maximum Gasteiger partial charge on any atom is 0.416 e. The number of nitrogens with one attached hydrogen (secondary N) is 5. The molecule has 0 saturated carbocycles. The summed E-state index contributed by atoms with van der Waals surface area (Å²) in [6.45, 7) is 6.73. The van der Waals surface area contributed by atoms with Crippen molar-refractivity contribution < 1.29 is 54.0 Å². The summed E-state index contributed by atoms with van der Waals surface area (Å²) >= 11 is 0. The van der Waals surface area contributed by atoms with Gasteiger partial charge in [-0.1, -0.05) is 19.1 Å². The molecule has 0 radical (unpaired) electrons. The Balaban J connectivity index is 1.36. The third kappa shape index (κ3) is 8.27. The first-order valence-electron chi connectivity index (χ1n) is 17.1. The number of halogens is 3. The van der Waals surface area contributed by atoms with Gasteiger partial charge in [-0.25, -0.2) is 0 Å². The molecule has 0 aliphatic heterocycles. The molecule has 0 saturated heterocycles. The van der Waals surface area contributed by atoms with E-state index in [0.29, 0.717) is 17.5 Å². The molecule has 0 bridgehead atoms. The summed E-state index contributed by atoms with van der Waals surface area (Å²) in [6.07, 6.45) is -4.08. The number of aromatic hydroxyl groups is 8. The van der Waals surface area contributed by atoms with Crippen molar-refractivity contribution in [3.8, 4) is 46.0 Å². The fourth-order valence-electron chi connectivity index (χ4n) is 6.09. The Labute approximate surface area is 314 Å². The predicted molar refractivity (Wildman–Crippen MR) is 203 cm³/mol. The van der Waals surface area contributed by atoms with Crippen molar-refractivity contribution in [3.63, 3.8) is 0 Å². The Bertz CT molecular complexity index is 2200. The van der Waals surface area contributed by atoms with Crippen molar-refractivity contribution in [1.82, 2.24) is 0 Å². The van der Waals surface area contributed by atoms with Crippen molar-refractivity contribution in [2.45, 2.75) is 58.4 Å². The molecule has 5 rings (SSSR count). The lowest BCUT2D eigenvalue weighted by Gasteiger charge is -2.25. The van der Waals surface area contributed by atoms with Crippen molar-refractivity contribution in [1.29, 1.82) is 0 Å². The second-order valence-corrected chi connectivity index (χ2v) is 12.9. The van der Waals surface area contributed by atoms with Crippen LogP contribution in [0.15, 0.2) is 72.8 Å². The van der Waals surface area contributed by atoms with E-state index in [0.717, 1.165) is 12.1 Å². The molecular weight excluding hydrogens is 723 g/mol. The average molecular weight is 766 g/mol. The SMILES string of the molecule is CCc1ccc(O)c(NC(C)c2ccc(O)c(NC(C)c3ccc(O)c(NC(C)c4ccc(O)c(NNc5cccc(C(F)(F)F)c5)c4O)c3O)c2O)c1O. The highest BCUT2D eigenvalue weighted by Gasteiger charge is 2.30. The molecular formula is C39H42F3N5O8. The van der Waals surface area contributed by atoms with E-state index in [-0.39, 0.29) is 68.3 Å². The van der Waals surface area contributed by atoms with Crippen molar-refractivity contribution in [2.75, 3.05) is 26.8 Å². The number of hydrogen-bond donors (Lipinski definition) is 13. The van der Waals surface area contributed by atoms with Crippen molar-refractivity contribution >= 4 is 28.4 Å². The van der Waals surface area contributed by atoms with E-state index >= 15 is 0 Å². The molecule has 3 atom stereocenters. The van der Waals surface area contributed by atoms with E-state index in [1.807, 2.05) is 6.92 Å². The standard InChI is InChI=1S/C39H42F3N5O8/c1-5-21-9-13-27(48)31(35(21)52)43-18(2)24-10-14-28(49)32(36(24)53)44-19(3)25-11-15-29(50)33(37(25)54)45-20(4)26-12-16-30(51)34(38(26)55)47-46-23-8-6-7-22(17-23)39(40,41)42/h6-20,43-55H,5H2,1-4H3. The fourth-order valence-corrected chi connectivity index (χ4v) is 6.09. The van der Waals surface area contributed by atoms with Crippen LogP contribution in [0.3, 0.4) is 0 Å². The van der Waals surface area contributed by atoms with Crippen molar-refractivity contribution in [2.24, 2.45) is 0 Å². The maximum atomic E-state index is 13.2. The Hall–Kier alpha value is -6.71. The Kier molecular flexibility index (Phi) is 11.3. The third-order valence-corrected chi connectivity index (χ3v) is 9.19. The van der Waals surface area contributed by atoms with Crippen LogP contribution in [0.25, 0.3) is 0 Å². The van der Waals surface area contributed by atoms with E-state index in [1.54, 1.807) is 26.8 Å². The summed E-state index contributed by atoms with van der Waals surface area (Å²) in [7, 11) is 0. The zero-order valence-electron chi connectivity index (χ0n) is 30.1. The molecule has 0 aliphatic rings. The summed E-state index contributed by atoms with van der Waals surface area (Å²) < 4.78 is 39.5. The summed E-state index contributed by atoms with van der Waals surface area (Å²) in [6, 6.07) is 13.1. The Morgan fingerprint density at radius 3 is 1.35 bits per heavy atom. The zero-order chi connectivity index (χ0) is 40.4. The minimum atomic E-state index is -4.59. The molecule has 0 aliphatic carbocycles. The molecule has 0 amide bonds. The number of phenols is 8. The van der Waals surface area contributed by atoms with Crippen LogP contribution in [0, 0.1) is 0 Å². The van der Waals surface area contributed by atoms with E-state index in [9.17, 15) is 54.0 Å². The van der Waals surface area contributed by atoms with E-state index in [1.165, 1.54) is 54.6 Å². The molecule has 55 heavy (non-hydrogen) atoms. The average Bonchev–Trinajstić information content (AvgIpc) is 3.13. The van der Waals surface area contributed by atoms with Crippen LogP contribution in [0.4, 0.5) is 41.6 Å². The summed E-state index contributed by atoms with van der Waals surface area (Å²) in [5, 5.41) is 95.6. The first-order chi connectivity index (χ1) is 25.9. The Morgan fingerprint density at radius 1 is 0.509 bits per heavy atom. The number of alkyl halides is 3. The van der Waals surface area contributed by atoms with Gasteiger partial charge in [0, 0.05) is 16.7 Å². The zero-order valence-corrected chi connectivity index (χ0v) is 30.1. The number of hydrogen-bond acceptors (Lipinski definition) is 13. The van der Waals surface area contributed by atoms with Gasteiger partial charge >= 0.3 is 6.18 Å². The molecule has 0 spiro atoms. The summed E-state index contributed by atoms with van der Waals surface area (Å²) in [4.78, 5) is 0. The molecule has 13 nitrogen and oxygen atoms in total. The molecule has 13 N–H and O–H groups in total. The second kappa shape index (κ2) is 15.7. The highest BCUT2D eigenvalue weighted by molar-refractivity contribution is 5.75. The number of anilines is 5. The molecule has 5 aromatic rings. The number of aryl methyl sites for hydroxylation is 1. The molecule has 3 unspecified atom stereocenters. The smallest absolute Gasteiger partial charge is 0.416 e. The van der Waals surface area contributed by atoms with E-state index in [4.69, 9.17) is 0 Å². The maximum absolute atomic E-state index is 13.2. The van der Waals surface area contributed by atoms with Gasteiger partial charge < -0.3 is 62.2 Å². The van der Waals surface area contributed by atoms with Gasteiger partial charge in [-0.3, -0.25) is 5.43 Å². The van der Waals surface area contributed by atoms with Gasteiger partial charge in [0.15, 0.2) is 0 Å². The summed E-state index contributed by atoms with van der Waals surface area (Å²) in [5.41, 5.74) is 5.02. The Morgan fingerprint density at radius 2 is 0.909 bits per heavy atom. The van der Waals surface area contributed by atoms with Gasteiger partial charge in [0.1, 0.15) is 68.7 Å². The highest BCUT2D eigenvalue weighted by Crippen LogP contribution is 2.47. The largest absolute Gasteiger partial charge is 0.506 e. The van der Waals surface area contributed by atoms with Gasteiger partial charge in [0.05, 0.1) is 29.4 Å². The van der Waals surface area contributed by atoms with Gasteiger partial charge in [-0.2, -0.15) is 13.2 Å². The van der Waals surface area contributed by atoms with Crippen LogP contribution in [0.1, 0.15) is 73.6 Å². The third-order valence-electron chi connectivity index (χ3n) is 9.19. The first-order valence-corrected chi connectivity index (χ1v) is 17.1. The minimum absolute atomic E-state index is 0.00241. The van der Waals surface area contributed by atoms with Gasteiger partial charge in [0.25, 0.3) is 0 Å². The lowest BCUT2D eigenvalue weighted by atomic mass is 10.0. The van der Waals surface area contributed by atoms with E-state index in [2.05, 4.69) is 26.8 Å². The molecule has 16 heteroatoms. The van der Waals surface area contributed by atoms with Crippen LogP contribution in [-0.2, 0) is 12.6 Å². The summed E-state index contributed by atoms with van der Waals surface area (Å²) in [5.74, 6) is -2.69. The number of hydrazine groups is 1. The van der Waals surface area contributed by atoms with E-state index < -0.39 is 47.1 Å². The van der Waals surface area contributed by atoms with Crippen LogP contribution in [0.5, 0.6) is 46.0 Å². The second-order valence-electron chi connectivity index (χ2n) is 12.9. The molecule has 0 aromatic heterocycles. The highest BCUT2D eigenvalue weighted by atomic mass is 19.4. The number of rotatable bonds is 13. The molecule has 0 fully saturated rings. The van der Waals surface area contributed by atoms with Gasteiger partial charge in [0.2, 0.25) is 0 Å². The molecule has 0 heterocycles. The number of benzene rings is 5. The minimum Gasteiger partial charge on any atom is -0.506 e. The topological polar surface area (TPSA) is 222 Å². The number of phenolic OH excluding ortho intramolecular Hbond substituents is 8. The van der Waals surface area contributed by atoms with Crippen LogP contribution in [0.2, 0.25) is 0 Å². The molecule has 292 valence electrons. The fraction of sp³-hybridized carbons (Fsp3) is 0.231. The lowest BCUT2D eigenvalue weighted by molar-refractivity contribution is -0.137. The first kappa shape index (κ1) is 39.5. The van der Waals surface area contributed by atoms with Crippen LogP contribution >= 0.6 is 0 Å². The van der Waals surface area contributed by atoms with Crippen LogP contribution < -0.4 is 26.8 Å². The monoisotopic (exact) mass is 765 g/mol. The van der Waals surface area contributed by atoms with Crippen molar-refractivity contribution in [3.05, 3.63) is 101 Å². The normalized spacial score (nSPS) is 13.1. The quantitative estimate of drug-likeness (QED) is 0.0398. The van der Waals surface area contributed by atoms with Gasteiger partial charge in [-0.15, -0.1) is 0 Å².